The minimum Gasteiger partial charge on any atom is -0.361 e. The maximum absolute atomic E-state index is 11.5. The van der Waals surface area contributed by atoms with Crippen LogP contribution in [0.15, 0.2) is 60.2 Å². The summed E-state index contributed by atoms with van der Waals surface area (Å²) in [5.41, 5.74) is 2.46. The Morgan fingerprint density at radius 3 is 1.63 bits per heavy atom. The summed E-state index contributed by atoms with van der Waals surface area (Å²) in [4.78, 5) is 29.0. The third-order valence-electron chi connectivity index (χ3n) is 4.49. The van der Waals surface area contributed by atoms with Gasteiger partial charge in [0, 0.05) is 50.0 Å². The highest BCUT2D eigenvalue weighted by molar-refractivity contribution is 5.77. The van der Waals surface area contributed by atoms with E-state index < -0.39 is 0 Å². The molecule has 0 saturated heterocycles. The average molecular weight is 359 g/mol. The zero-order valence-corrected chi connectivity index (χ0v) is 14.9. The predicted octanol–water partition coefficient (Wildman–Crippen LogP) is 2.75. The summed E-state index contributed by atoms with van der Waals surface area (Å²) < 4.78 is 0. The Morgan fingerprint density at radius 1 is 0.889 bits per heavy atom. The molecular formula is C20H17N5O2. The number of amides is 2. The highest BCUT2D eigenvalue weighted by atomic mass is 16.2. The van der Waals surface area contributed by atoms with Crippen LogP contribution in [0.5, 0.6) is 0 Å². The van der Waals surface area contributed by atoms with Gasteiger partial charge >= 0.3 is 0 Å². The van der Waals surface area contributed by atoms with Gasteiger partial charge in [-0.25, -0.2) is 0 Å². The van der Waals surface area contributed by atoms with Crippen LogP contribution in [0, 0.1) is 22.7 Å². The van der Waals surface area contributed by atoms with E-state index in [0.717, 1.165) is 11.4 Å². The number of nitrogens with one attached hydrogen (secondary N) is 1. The van der Waals surface area contributed by atoms with Crippen molar-refractivity contribution in [3.05, 3.63) is 71.6 Å². The molecule has 0 spiro atoms. The van der Waals surface area contributed by atoms with Crippen LogP contribution in [0.2, 0.25) is 0 Å². The number of aromatic nitrogens is 1. The number of H-pyrrole nitrogens is 1. The summed E-state index contributed by atoms with van der Waals surface area (Å²) in [7, 11) is 0. The van der Waals surface area contributed by atoms with Crippen LogP contribution in [0.4, 0.5) is 0 Å². The molecule has 7 heteroatoms. The van der Waals surface area contributed by atoms with Crippen LogP contribution in [-0.2, 0) is 9.59 Å². The first-order chi connectivity index (χ1) is 12.9. The van der Waals surface area contributed by atoms with Crippen molar-refractivity contribution < 1.29 is 9.59 Å². The van der Waals surface area contributed by atoms with Crippen molar-refractivity contribution in [3.8, 4) is 12.1 Å². The molecule has 3 heterocycles. The van der Waals surface area contributed by atoms with E-state index in [2.05, 4.69) is 17.1 Å². The summed E-state index contributed by atoms with van der Waals surface area (Å²) >= 11 is 0. The van der Waals surface area contributed by atoms with Gasteiger partial charge in [-0.1, -0.05) is 12.2 Å². The molecule has 0 radical (unpaired) electrons. The lowest BCUT2D eigenvalue weighted by atomic mass is 9.95. The van der Waals surface area contributed by atoms with E-state index in [1.807, 2.05) is 12.1 Å². The quantitative estimate of drug-likeness (QED) is 0.876. The number of hydrogen-bond donors (Lipinski definition) is 1. The molecule has 1 N–H and O–H groups in total. The van der Waals surface area contributed by atoms with E-state index in [4.69, 9.17) is 0 Å². The fourth-order valence-electron chi connectivity index (χ4n) is 3.03. The average Bonchev–Trinajstić information content (AvgIpc) is 3.16. The highest BCUT2D eigenvalue weighted by Gasteiger charge is 2.25. The molecule has 1 aromatic rings. The number of hydrogen-bond acceptors (Lipinski definition) is 4. The summed E-state index contributed by atoms with van der Waals surface area (Å²) in [6, 6.07) is 8.00. The number of aromatic amines is 1. The van der Waals surface area contributed by atoms with Gasteiger partial charge in [0.25, 0.3) is 0 Å². The molecule has 134 valence electrons. The van der Waals surface area contributed by atoms with Crippen molar-refractivity contribution in [3.63, 3.8) is 0 Å². The van der Waals surface area contributed by atoms with Crippen LogP contribution >= 0.6 is 0 Å². The molecule has 7 nitrogen and oxygen atoms in total. The first-order valence-corrected chi connectivity index (χ1v) is 8.31. The van der Waals surface area contributed by atoms with Crippen molar-refractivity contribution in [1.29, 1.82) is 10.5 Å². The van der Waals surface area contributed by atoms with Gasteiger partial charge in [-0.15, -0.1) is 0 Å². The number of allylic oxidation sites excluding steroid dienone is 4. The Balaban J connectivity index is 1.88. The lowest BCUT2D eigenvalue weighted by Crippen LogP contribution is -2.21. The lowest BCUT2D eigenvalue weighted by Gasteiger charge is -2.22. The molecule has 2 aliphatic heterocycles. The molecule has 0 aromatic carbocycles. The Labute approximate surface area is 156 Å². The summed E-state index contributed by atoms with van der Waals surface area (Å²) in [6.07, 6.45) is 9.90. The van der Waals surface area contributed by atoms with Gasteiger partial charge in [0.1, 0.15) is 0 Å². The predicted molar refractivity (Wildman–Crippen MR) is 97.0 cm³/mol. The van der Waals surface area contributed by atoms with Gasteiger partial charge in [0.15, 0.2) is 0 Å². The zero-order valence-electron chi connectivity index (χ0n) is 14.9. The third-order valence-corrected chi connectivity index (χ3v) is 4.49. The lowest BCUT2D eigenvalue weighted by molar-refractivity contribution is -0.125. The second-order valence-corrected chi connectivity index (χ2v) is 6.25. The highest BCUT2D eigenvalue weighted by Crippen LogP contribution is 2.33. The summed E-state index contributed by atoms with van der Waals surface area (Å²) in [5.74, 6) is -0.933. The van der Waals surface area contributed by atoms with E-state index in [9.17, 15) is 20.1 Å². The van der Waals surface area contributed by atoms with E-state index in [1.165, 1.54) is 36.0 Å². The van der Waals surface area contributed by atoms with Crippen LogP contribution < -0.4 is 0 Å². The van der Waals surface area contributed by atoms with E-state index >= 15 is 0 Å². The maximum atomic E-state index is 11.5. The first kappa shape index (κ1) is 18.0. The van der Waals surface area contributed by atoms with Crippen molar-refractivity contribution in [2.45, 2.75) is 25.7 Å². The molecule has 2 aliphatic rings. The molecule has 2 amide bonds. The molecule has 27 heavy (non-hydrogen) atoms. The standard InChI is InChI=1S/C20H17N5O2/c1-13(26)24-7-5-17(15(9-21)11-24)19-3-4-20(23-19)18-6-8-25(14(2)27)12-16(18)10-22/h3-8,11-12,17-18,23H,1-2H3. The van der Waals surface area contributed by atoms with Gasteiger partial charge < -0.3 is 4.98 Å². The van der Waals surface area contributed by atoms with Gasteiger partial charge in [-0.2, -0.15) is 10.5 Å². The second kappa shape index (κ2) is 7.19. The fourth-order valence-corrected chi connectivity index (χ4v) is 3.03. The molecular weight excluding hydrogens is 342 g/mol. The number of rotatable bonds is 2. The zero-order chi connectivity index (χ0) is 19.6. The van der Waals surface area contributed by atoms with Crippen LogP contribution in [0.25, 0.3) is 0 Å². The summed E-state index contributed by atoms with van der Waals surface area (Å²) in [5, 5.41) is 18.9. The van der Waals surface area contributed by atoms with Crippen LogP contribution in [0.3, 0.4) is 0 Å². The van der Waals surface area contributed by atoms with E-state index in [1.54, 1.807) is 24.6 Å². The van der Waals surface area contributed by atoms with Crippen molar-refractivity contribution in [1.82, 2.24) is 14.8 Å². The fraction of sp³-hybridized carbons (Fsp3) is 0.200. The van der Waals surface area contributed by atoms with Gasteiger partial charge in [0.05, 0.1) is 35.1 Å². The maximum Gasteiger partial charge on any atom is 0.227 e. The monoisotopic (exact) mass is 359 g/mol. The van der Waals surface area contributed by atoms with Gasteiger partial charge in [-0.3, -0.25) is 19.4 Å². The SMILES string of the molecule is CC(=O)N1C=CC(c2ccc(C3C=CN(C(C)=O)C=C3C#N)[nH]2)C(C#N)=C1. The Morgan fingerprint density at radius 2 is 1.30 bits per heavy atom. The number of carbonyl (C=O) groups excluding carboxylic acids is 2. The molecule has 1 aromatic heterocycles. The molecule has 2 unspecified atom stereocenters. The first-order valence-electron chi connectivity index (χ1n) is 8.31. The van der Waals surface area contributed by atoms with Gasteiger partial charge in [-0.05, 0) is 12.1 Å². The minimum absolute atomic E-state index is 0.171. The Hall–Kier alpha value is -3.84. The van der Waals surface area contributed by atoms with Crippen LogP contribution in [0.1, 0.15) is 37.1 Å². The topological polar surface area (TPSA) is 104 Å². The third kappa shape index (κ3) is 3.44. The van der Waals surface area contributed by atoms with Crippen LogP contribution in [-0.4, -0.2) is 26.6 Å². The number of nitriles is 2. The smallest absolute Gasteiger partial charge is 0.227 e. The van der Waals surface area contributed by atoms with Crippen molar-refractivity contribution in [2.24, 2.45) is 0 Å². The van der Waals surface area contributed by atoms with Crippen molar-refractivity contribution in [2.75, 3.05) is 0 Å². The summed E-state index contributed by atoms with van der Waals surface area (Å²) in [6.45, 7) is 2.86. The van der Waals surface area contributed by atoms with Gasteiger partial charge in [0.2, 0.25) is 11.8 Å². The molecule has 2 atom stereocenters. The molecule has 0 bridgehead atoms. The molecule has 3 rings (SSSR count). The van der Waals surface area contributed by atoms with Crippen molar-refractivity contribution >= 4 is 11.8 Å². The number of nitrogens with zero attached hydrogens (tertiary/aromatic N) is 4. The molecule has 0 saturated carbocycles. The molecule has 0 aliphatic carbocycles. The Bertz CT molecular complexity index is 918. The van der Waals surface area contributed by atoms with E-state index in [-0.39, 0.29) is 23.7 Å². The number of carbonyl (C=O) groups is 2. The molecule has 0 fully saturated rings. The largest absolute Gasteiger partial charge is 0.361 e. The Kier molecular flexibility index (Phi) is 4.78. The normalized spacial score (nSPS) is 21.2. The second-order valence-electron chi connectivity index (χ2n) is 6.25. The minimum atomic E-state index is -0.296. The van der Waals surface area contributed by atoms with E-state index in [0.29, 0.717) is 11.1 Å².